The summed E-state index contributed by atoms with van der Waals surface area (Å²) < 4.78 is 16.4. The summed E-state index contributed by atoms with van der Waals surface area (Å²) in [5, 5.41) is 6.73. The maximum Gasteiger partial charge on any atom is 0.191 e. The van der Waals surface area contributed by atoms with E-state index in [1.54, 1.807) is 7.11 Å². The van der Waals surface area contributed by atoms with Crippen LogP contribution in [0.5, 0.6) is 5.75 Å². The summed E-state index contributed by atoms with van der Waals surface area (Å²) in [7, 11) is 5.85. The van der Waals surface area contributed by atoms with Gasteiger partial charge in [-0.2, -0.15) is 0 Å². The van der Waals surface area contributed by atoms with Crippen molar-refractivity contribution >= 4 is 29.9 Å². The summed E-state index contributed by atoms with van der Waals surface area (Å²) in [4.78, 5) is 6.99. The van der Waals surface area contributed by atoms with Gasteiger partial charge in [0.15, 0.2) is 5.96 Å². The lowest BCUT2D eigenvalue weighted by Gasteiger charge is -2.24. The SMILES string of the molecule is CCNC(=NCC(c1ccc(OC)cc1)N(C)C)NCCCOCC1CCOC1.I. The number of guanidine groups is 1. The van der Waals surface area contributed by atoms with E-state index in [4.69, 9.17) is 19.2 Å². The van der Waals surface area contributed by atoms with Gasteiger partial charge in [0.05, 0.1) is 32.9 Å². The van der Waals surface area contributed by atoms with Gasteiger partial charge in [-0.3, -0.25) is 4.99 Å². The molecule has 0 radical (unpaired) electrons. The van der Waals surface area contributed by atoms with Crippen LogP contribution in [-0.4, -0.2) is 78.1 Å². The molecule has 0 aromatic heterocycles. The van der Waals surface area contributed by atoms with Crippen LogP contribution in [0.2, 0.25) is 0 Å². The molecule has 30 heavy (non-hydrogen) atoms. The topological polar surface area (TPSA) is 67.4 Å². The Bertz CT molecular complexity index is 593. The first-order chi connectivity index (χ1) is 14.1. The Labute approximate surface area is 199 Å². The predicted octanol–water partition coefficient (Wildman–Crippen LogP) is 2.91. The van der Waals surface area contributed by atoms with Crippen LogP contribution in [0.25, 0.3) is 0 Å². The standard InChI is InChI=1S/C22H38N4O3.HI/c1-5-23-22(24-12-6-13-28-16-18-11-14-29-17-18)25-15-21(26(2)3)19-7-9-20(27-4)10-8-19;/h7-10,18,21H,5-6,11-17H2,1-4H3,(H2,23,24,25);1H. The molecule has 0 aliphatic carbocycles. The molecule has 0 bridgehead atoms. The molecule has 2 rings (SSSR count). The van der Waals surface area contributed by atoms with Crippen LogP contribution in [-0.2, 0) is 9.47 Å². The summed E-state index contributed by atoms with van der Waals surface area (Å²) in [6.45, 7) is 7.71. The molecule has 1 saturated heterocycles. The number of methoxy groups -OCH3 is 1. The van der Waals surface area contributed by atoms with Crippen molar-refractivity contribution in [3.05, 3.63) is 29.8 Å². The highest BCUT2D eigenvalue weighted by Gasteiger charge is 2.15. The van der Waals surface area contributed by atoms with E-state index < -0.39 is 0 Å². The zero-order valence-corrected chi connectivity index (χ0v) is 21.2. The van der Waals surface area contributed by atoms with E-state index in [0.29, 0.717) is 12.5 Å². The van der Waals surface area contributed by atoms with E-state index in [-0.39, 0.29) is 30.0 Å². The van der Waals surface area contributed by atoms with Crippen LogP contribution in [0.15, 0.2) is 29.3 Å². The predicted molar refractivity (Wildman–Crippen MR) is 133 cm³/mol. The Hall–Kier alpha value is -1.10. The Kier molecular flexibility index (Phi) is 14.1. The largest absolute Gasteiger partial charge is 0.497 e. The van der Waals surface area contributed by atoms with Crippen molar-refractivity contribution in [3.8, 4) is 5.75 Å². The van der Waals surface area contributed by atoms with Gasteiger partial charge in [0.1, 0.15) is 5.75 Å². The molecule has 1 heterocycles. The molecule has 2 atom stereocenters. The number of rotatable bonds is 12. The van der Waals surface area contributed by atoms with E-state index in [0.717, 1.165) is 64.1 Å². The monoisotopic (exact) mass is 534 g/mol. The first-order valence-corrected chi connectivity index (χ1v) is 10.6. The van der Waals surface area contributed by atoms with Gasteiger partial charge >= 0.3 is 0 Å². The highest BCUT2D eigenvalue weighted by Crippen LogP contribution is 2.21. The van der Waals surface area contributed by atoms with Crippen LogP contribution in [0.3, 0.4) is 0 Å². The molecule has 1 aliphatic heterocycles. The van der Waals surface area contributed by atoms with Crippen molar-refractivity contribution in [2.24, 2.45) is 10.9 Å². The molecular formula is C22H39IN4O3. The van der Waals surface area contributed by atoms with Crippen molar-refractivity contribution in [2.75, 3.05) is 67.3 Å². The van der Waals surface area contributed by atoms with Gasteiger partial charge in [-0.15, -0.1) is 24.0 Å². The molecule has 0 amide bonds. The quantitative estimate of drug-likeness (QED) is 0.186. The summed E-state index contributed by atoms with van der Waals surface area (Å²) in [6, 6.07) is 8.40. The highest BCUT2D eigenvalue weighted by atomic mass is 127. The van der Waals surface area contributed by atoms with Crippen molar-refractivity contribution < 1.29 is 14.2 Å². The zero-order valence-electron chi connectivity index (χ0n) is 18.9. The molecule has 1 aliphatic rings. The minimum absolute atomic E-state index is 0. The summed E-state index contributed by atoms with van der Waals surface area (Å²) in [5.41, 5.74) is 1.22. The molecule has 1 aromatic carbocycles. The van der Waals surface area contributed by atoms with Gasteiger partial charge < -0.3 is 29.7 Å². The lowest BCUT2D eigenvalue weighted by atomic mass is 10.1. The zero-order chi connectivity index (χ0) is 20.9. The van der Waals surface area contributed by atoms with E-state index >= 15 is 0 Å². The molecule has 7 nitrogen and oxygen atoms in total. The van der Waals surface area contributed by atoms with Gasteiger partial charge in [0, 0.05) is 32.2 Å². The maximum atomic E-state index is 5.77. The van der Waals surface area contributed by atoms with Crippen LogP contribution < -0.4 is 15.4 Å². The number of hydrogen-bond acceptors (Lipinski definition) is 5. The Morgan fingerprint density at radius 2 is 2.03 bits per heavy atom. The van der Waals surface area contributed by atoms with Crippen LogP contribution in [0, 0.1) is 5.92 Å². The minimum Gasteiger partial charge on any atom is -0.497 e. The second-order valence-electron chi connectivity index (χ2n) is 7.56. The number of aliphatic imine (C=N–C) groups is 1. The molecular weight excluding hydrogens is 495 g/mol. The van der Waals surface area contributed by atoms with Crippen LogP contribution >= 0.6 is 24.0 Å². The second-order valence-corrected chi connectivity index (χ2v) is 7.56. The number of halogens is 1. The van der Waals surface area contributed by atoms with Crippen molar-refractivity contribution in [2.45, 2.75) is 25.8 Å². The molecule has 1 fully saturated rings. The van der Waals surface area contributed by atoms with E-state index in [1.807, 2.05) is 12.1 Å². The molecule has 1 aromatic rings. The van der Waals surface area contributed by atoms with Crippen molar-refractivity contribution in [1.29, 1.82) is 0 Å². The van der Waals surface area contributed by atoms with Gasteiger partial charge in [-0.05, 0) is 51.6 Å². The van der Waals surface area contributed by atoms with Crippen molar-refractivity contribution in [3.63, 3.8) is 0 Å². The number of nitrogens with one attached hydrogen (secondary N) is 2. The number of hydrogen-bond donors (Lipinski definition) is 2. The van der Waals surface area contributed by atoms with Gasteiger partial charge in [-0.25, -0.2) is 0 Å². The Balaban J connectivity index is 0.00000450. The molecule has 0 saturated carbocycles. The van der Waals surface area contributed by atoms with Gasteiger partial charge in [-0.1, -0.05) is 12.1 Å². The summed E-state index contributed by atoms with van der Waals surface area (Å²) in [5.74, 6) is 2.28. The van der Waals surface area contributed by atoms with Gasteiger partial charge in [0.25, 0.3) is 0 Å². The number of benzene rings is 1. The van der Waals surface area contributed by atoms with E-state index in [1.165, 1.54) is 5.56 Å². The summed E-state index contributed by atoms with van der Waals surface area (Å²) >= 11 is 0. The molecule has 8 heteroatoms. The Morgan fingerprint density at radius 1 is 1.27 bits per heavy atom. The van der Waals surface area contributed by atoms with Gasteiger partial charge in [0.2, 0.25) is 0 Å². The number of likely N-dealkylation sites (N-methyl/N-ethyl adjacent to an activating group) is 1. The fourth-order valence-corrected chi connectivity index (χ4v) is 3.26. The lowest BCUT2D eigenvalue weighted by Crippen LogP contribution is -2.38. The van der Waals surface area contributed by atoms with Crippen LogP contribution in [0.1, 0.15) is 31.4 Å². The fraction of sp³-hybridized carbons (Fsp3) is 0.682. The number of nitrogens with zero attached hydrogens (tertiary/aromatic N) is 2. The normalized spacial score (nSPS) is 17.5. The number of ether oxygens (including phenoxy) is 3. The highest BCUT2D eigenvalue weighted by molar-refractivity contribution is 14.0. The third-order valence-electron chi connectivity index (χ3n) is 5.03. The van der Waals surface area contributed by atoms with Crippen molar-refractivity contribution in [1.82, 2.24) is 15.5 Å². The molecule has 2 N–H and O–H groups in total. The van der Waals surface area contributed by atoms with E-state index in [2.05, 4.69) is 48.7 Å². The Morgan fingerprint density at radius 3 is 2.63 bits per heavy atom. The fourth-order valence-electron chi connectivity index (χ4n) is 3.26. The van der Waals surface area contributed by atoms with E-state index in [9.17, 15) is 0 Å². The average Bonchev–Trinajstić information content (AvgIpc) is 3.24. The second kappa shape index (κ2) is 15.7. The molecule has 172 valence electrons. The first-order valence-electron chi connectivity index (χ1n) is 10.6. The lowest BCUT2D eigenvalue weighted by molar-refractivity contribution is 0.0888. The molecule has 0 spiro atoms. The maximum absolute atomic E-state index is 5.77. The smallest absolute Gasteiger partial charge is 0.191 e. The first kappa shape index (κ1) is 26.9. The molecule has 2 unspecified atom stereocenters. The minimum atomic E-state index is 0. The third kappa shape index (κ3) is 9.80. The average molecular weight is 534 g/mol. The van der Waals surface area contributed by atoms with Crippen LogP contribution in [0.4, 0.5) is 0 Å². The summed E-state index contributed by atoms with van der Waals surface area (Å²) in [6.07, 6.45) is 2.07. The third-order valence-corrected chi connectivity index (χ3v) is 5.03.